The Morgan fingerprint density at radius 1 is 1.29 bits per heavy atom. The van der Waals surface area contributed by atoms with Gasteiger partial charge in [-0.3, -0.25) is 19.7 Å². The summed E-state index contributed by atoms with van der Waals surface area (Å²) in [5.41, 5.74) is 5.50. The molecule has 0 bridgehead atoms. The molecule has 166 valence electrons. The van der Waals surface area contributed by atoms with E-state index in [1.54, 1.807) is 6.92 Å². The summed E-state index contributed by atoms with van der Waals surface area (Å²) >= 11 is 0. The van der Waals surface area contributed by atoms with Gasteiger partial charge in [0.15, 0.2) is 5.78 Å². The number of nitro groups is 1. The number of aryl methyl sites for hydroxylation is 1. The highest BCUT2D eigenvalue weighted by Gasteiger charge is 2.27. The number of ether oxygens (including phenoxy) is 1. The maximum Gasteiger partial charge on any atom is 0.272 e. The summed E-state index contributed by atoms with van der Waals surface area (Å²) in [6.07, 6.45) is 0.582. The van der Waals surface area contributed by atoms with Crippen LogP contribution in [0.25, 0.3) is 0 Å². The van der Waals surface area contributed by atoms with E-state index in [2.05, 4.69) is 5.32 Å². The Hall–Kier alpha value is -3.33. The molecule has 2 aromatic carbocycles. The molecule has 8 nitrogen and oxygen atoms in total. The highest BCUT2D eigenvalue weighted by atomic mass is 19.1. The minimum atomic E-state index is -0.744. The van der Waals surface area contributed by atoms with E-state index in [1.807, 2.05) is 6.92 Å². The summed E-state index contributed by atoms with van der Waals surface area (Å²) in [4.78, 5) is 34.8. The molecular weight excluding hydrogens is 405 g/mol. The van der Waals surface area contributed by atoms with Crippen molar-refractivity contribution in [3.05, 3.63) is 68.5 Å². The summed E-state index contributed by atoms with van der Waals surface area (Å²) in [6, 6.07) is 6.15. The molecule has 0 spiro atoms. The first kappa shape index (κ1) is 23.9. The monoisotopic (exact) mass is 431 g/mol. The zero-order valence-electron chi connectivity index (χ0n) is 17.9. The minimum absolute atomic E-state index is 0.0577. The van der Waals surface area contributed by atoms with Crippen molar-refractivity contribution in [3.63, 3.8) is 0 Å². The van der Waals surface area contributed by atoms with Crippen LogP contribution in [0.4, 0.5) is 10.1 Å². The smallest absolute Gasteiger partial charge is 0.272 e. The molecule has 0 aliphatic rings. The number of hydrogen-bond donors (Lipinski definition) is 2. The Morgan fingerprint density at radius 2 is 1.97 bits per heavy atom. The average Bonchev–Trinajstić information content (AvgIpc) is 2.70. The second kappa shape index (κ2) is 10.1. The van der Waals surface area contributed by atoms with Gasteiger partial charge in [0.1, 0.15) is 17.1 Å². The van der Waals surface area contributed by atoms with Crippen LogP contribution >= 0.6 is 0 Å². The number of amides is 1. The number of carbonyl (C=O) groups excluding carboxylic acids is 2. The summed E-state index contributed by atoms with van der Waals surface area (Å²) in [5, 5.41) is 14.2. The van der Waals surface area contributed by atoms with E-state index in [9.17, 15) is 19.7 Å². The second-order valence-corrected chi connectivity index (χ2v) is 7.33. The normalized spacial score (nSPS) is 12.8. The van der Waals surface area contributed by atoms with Crippen molar-refractivity contribution in [3.8, 4) is 5.75 Å². The Kier molecular flexibility index (Phi) is 7.82. The lowest BCUT2D eigenvalue weighted by atomic mass is 9.94. The van der Waals surface area contributed by atoms with Crippen LogP contribution in [0.2, 0.25) is 0 Å². The molecule has 0 saturated carbocycles. The number of halogens is 1. The van der Waals surface area contributed by atoms with Crippen LogP contribution in [0, 0.1) is 22.9 Å². The topological polar surface area (TPSA) is 125 Å². The van der Waals surface area contributed by atoms with Crippen molar-refractivity contribution in [1.29, 1.82) is 0 Å². The van der Waals surface area contributed by atoms with Gasteiger partial charge in [-0.05, 0) is 38.5 Å². The number of nitrogens with one attached hydrogen (secondary N) is 1. The number of nitrogens with two attached hydrogens (primary N) is 1. The third-order valence-electron chi connectivity index (χ3n) is 5.01. The minimum Gasteiger partial charge on any atom is -0.496 e. The molecule has 31 heavy (non-hydrogen) atoms. The van der Waals surface area contributed by atoms with Crippen LogP contribution in [0.15, 0.2) is 30.3 Å². The van der Waals surface area contributed by atoms with Crippen LogP contribution in [-0.4, -0.2) is 29.8 Å². The molecule has 2 aromatic rings. The lowest BCUT2D eigenvalue weighted by Gasteiger charge is -2.24. The number of hydrogen-bond acceptors (Lipinski definition) is 6. The van der Waals surface area contributed by atoms with E-state index in [0.29, 0.717) is 12.0 Å². The van der Waals surface area contributed by atoms with E-state index in [4.69, 9.17) is 10.5 Å². The van der Waals surface area contributed by atoms with Gasteiger partial charge in [0.25, 0.3) is 5.69 Å². The highest BCUT2D eigenvalue weighted by Crippen LogP contribution is 2.32. The number of benzene rings is 2. The molecule has 2 atom stereocenters. The zero-order chi connectivity index (χ0) is 23.3. The Labute approximate surface area is 179 Å². The van der Waals surface area contributed by atoms with Gasteiger partial charge < -0.3 is 15.8 Å². The zero-order valence-corrected chi connectivity index (χ0v) is 17.9. The molecule has 3 N–H and O–H groups in total. The summed E-state index contributed by atoms with van der Waals surface area (Å²) in [6.45, 7) is 5.12. The van der Waals surface area contributed by atoms with Crippen molar-refractivity contribution in [2.24, 2.45) is 5.73 Å². The number of carbonyl (C=O) groups is 2. The van der Waals surface area contributed by atoms with Crippen molar-refractivity contribution in [2.75, 3.05) is 7.11 Å². The van der Waals surface area contributed by atoms with Gasteiger partial charge in [0, 0.05) is 41.3 Å². The second-order valence-electron chi connectivity index (χ2n) is 7.33. The third-order valence-corrected chi connectivity index (χ3v) is 5.01. The SMILES string of the molecule is CC[C@@H](NC(C)CC(N)=O)c1ccc(OC)c(C(=O)c2ccc([N+](=O)[O-])c(C)c2)c1F. The molecule has 0 radical (unpaired) electrons. The quantitative estimate of drug-likeness (QED) is 0.336. The van der Waals surface area contributed by atoms with E-state index < -0.39 is 28.5 Å². The van der Waals surface area contributed by atoms with E-state index in [1.165, 1.54) is 44.4 Å². The lowest BCUT2D eigenvalue weighted by molar-refractivity contribution is -0.385. The first-order valence-electron chi connectivity index (χ1n) is 9.81. The van der Waals surface area contributed by atoms with Crippen LogP contribution in [-0.2, 0) is 4.79 Å². The van der Waals surface area contributed by atoms with Crippen LogP contribution in [0.1, 0.15) is 59.8 Å². The molecule has 0 heterocycles. The lowest BCUT2D eigenvalue weighted by Crippen LogP contribution is -2.34. The van der Waals surface area contributed by atoms with Gasteiger partial charge in [-0.1, -0.05) is 13.0 Å². The van der Waals surface area contributed by atoms with Gasteiger partial charge in [-0.25, -0.2) is 4.39 Å². The Morgan fingerprint density at radius 3 is 2.48 bits per heavy atom. The van der Waals surface area contributed by atoms with Crippen molar-refractivity contribution in [1.82, 2.24) is 5.32 Å². The van der Waals surface area contributed by atoms with Crippen molar-refractivity contribution in [2.45, 2.75) is 45.7 Å². The molecule has 0 saturated heterocycles. The highest BCUT2D eigenvalue weighted by molar-refractivity contribution is 6.11. The largest absolute Gasteiger partial charge is 0.496 e. The fourth-order valence-corrected chi connectivity index (χ4v) is 3.50. The van der Waals surface area contributed by atoms with E-state index >= 15 is 4.39 Å². The van der Waals surface area contributed by atoms with Gasteiger partial charge >= 0.3 is 0 Å². The first-order valence-corrected chi connectivity index (χ1v) is 9.81. The molecule has 0 aliphatic heterocycles. The molecule has 1 unspecified atom stereocenters. The van der Waals surface area contributed by atoms with Crippen LogP contribution < -0.4 is 15.8 Å². The maximum absolute atomic E-state index is 15.6. The average molecular weight is 431 g/mol. The van der Waals surface area contributed by atoms with Gasteiger partial charge in [-0.15, -0.1) is 0 Å². The predicted octanol–water partition coefficient (Wildman–Crippen LogP) is 3.59. The number of primary amides is 1. The molecular formula is C22H26FN3O5. The van der Waals surface area contributed by atoms with E-state index in [-0.39, 0.29) is 40.6 Å². The van der Waals surface area contributed by atoms with Gasteiger partial charge in [-0.2, -0.15) is 0 Å². The standard InChI is InChI=1S/C22H26FN3O5/c1-5-16(25-13(3)11-19(24)27)15-7-9-18(31-4)20(21(15)23)22(28)14-6-8-17(26(29)30)12(2)10-14/h6-10,13,16,25H,5,11H2,1-4H3,(H2,24,27)/t13?,16-/m1/s1. The number of ketones is 1. The van der Waals surface area contributed by atoms with Crippen LogP contribution in [0.3, 0.4) is 0 Å². The number of rotatable bonds is 10. The molecule has 0 aromatic heterocycles. The molecule has 0 aliphatic carbocycles. The van der Waals surface area contributed by atoms with E-state index in [0.717, 1.165) is 0 Å². The fraction of sp³-hybridized carbons (Fsp3) is 0.364. The summed E-state index contributed by atoms with van der Waals surface area (Å²) in [7, 11) is 1.33. The molecule has 2 rings (SSSR count). The Bertz CT molecular complexity index is 1010. The number of nitro benzene ring substituents is 1. The summed E-state index contributed by atoms with van der Waals surface area (Å²) < 4.78 is 20.8. The van der Waals surface area contributed by atoms with Crippen molar-refractivity contribution < 1.29 is 23.6 Å². The molecule has 9 heteroatoms. The van der Waals surface area contributed by atoms with Crippen molar-refractivity contribution >= 4 is 17.4 Å². The third kappa shape index (κ3) is 5.43. The molecule has 0 fully saturated rings. The predicted molar refractivity (Wildman–Crippen MR) is 114 cm³/mol. The number of nitrogens with zero attached hydrogens (tertiary/aromatic N) is 1. The van der Waals surface area contributed by atoms with Gasteiger partial charge in [0.2, 0.25) is 5.91 Å². The fourth-order valence-electron chi connectivity index (χ4n) is 3.50. The van der Waals surface area contributed by atoms with Gasteiger partial charge in [0.05, 0.1) is 12.0 Å². The first-order chi connectivity index (χ1) is 14.6. The Balaban J connectivity index is 2.50. The molecule has 1 amide bonds. The summed E-state index contributed by atoms with van der Waals surface area (Å²) in [5.74, 6) is -1.81. The van der Waals surface area contributed by atoms with Crippen LogP contribution in [0.5, 0.6) is 5.75 Å². The maximum atomic E-state index is 15.6. The number of methoxy groups -OCH3 is 1.